The molecule has 4 rings (SSSR count). The Morgan fingerprint density at radius 3 is 1.70 bits per heavy atom. The van der Waals surface area contributed by atoms with E-state index in [9.17, 15) is 116 Å². The van der Waals surface area contributed by atoms with Gasteiger partial charge in [-0.2, -0.15) is 0 Å². The largest absolute Gasteiger partial charge is 0.477 e. The first-order valence-electron chi connectivity index (χ1n) is 24.8. The normalized spacial score (nSPS) is 38.5. The van der Waals surface area contributed by atoms with Crippen LogP contribution < -0.4 is 16.0 Å². The molecule has 2 unspecified atom stereocenters. The number of amides is 2. The van der Waals surface area contributed by atoms with E-state index in [1.165, 1.54) is 0 Å². The molecule has 23 N–H and O–H groups in total. The fraction of sp³-hybridized carbons (Fsp3) is 0.929. The van der Waals surface area contributed by atoms with E-state index in [-0.39, 0.29) is 6.54 Å². The molecule has 4 saturated heterocycles. The van der Waals surface area contributed by atoms with Crippen LogP contribution in [-0.4, -0.2) is 344 Å². The predicted octanol–water partition coefficient (Wildman–Crippen LogP) is -13.7. The highest BCUT2D eigenvalue weighted by Gasteiger charge is 2.61. The molecule has 4 aliphatic rings. The minimum atomic E-state index is -4.72. The van der Waals surface area contributed by atoms with Crippen molar-refractivity contribution in [3.63, 3.8) is 0 Å². The van der Waals surface area contributed by atoms with Gasteiger partial charge in [0, 0.05) is 33.4 Å². The summed E-state index contributed by atoms with van der Waals surface area (Å²) < 4.78 is 66.9. The van der Waals surface area contributed by atoms with Gasteiger partial charge in [-0.25, -0.2) is 9.36 Å². The maximum Gasteiger partial charge on any atom is 0.472 e. The van der Waals surface area contributed by atoms with Crippen molar-refractivity contribution in [1.29, 1.82) is 0 Å². The maximum atomic E-state index is 13.0. The zero-order valence-electron chi connectivity index (χ0n) is 42.8. The Morgan fingerprint density at radius 2 is 1.16 bits per heavy atom. The van der Waals surface area contributed by atoms with Gasteiger partial charge < -0.3 is 156 Å². The van der Waals surface area contributed by atoms with Crippen LogP contribution in [0.25, 0.3) is 0 Å². The van der Waals surface area contributed by atoms with E-state index in [4.69, 9.17) is 43.0 Å². The fourth-order valence-electron chi connectivity index (χ4n) is 8.89. The van der Waals surface area contributed by atoms with Crippen LogP contribution >= 0.6 is 7.82 Å². The van der Waals surface area contributed by atoms with Crippen molar-refractivity contribution in [3.8, 4) is 0 Å². The highest BCUT2D eigenvalue weighted by Crippen LogP contribution is 2.43. The molecule has 4 aliphatic heterocycles. The number of nitrogens with one attached hydrogen (secondary N) is 3. The maximum absolute atomic E-state index is 13.0. The van der Waals surface area contributed by atoms with Gasteiger partial charge in [0.25, 0.3) is 5.79 Å². The quantitative estimate of drug-likeness (QED) is 0.0226. The summed E-state index contributed by atoms with van der Waals surface area (Å²) in [6.45, 7) is -6.80. The van der Waals surface area contributed by atoms with Crippen molar-refractivity contribution in [3.05, 3.63) is 0 Å². The lowest BCUT2D eigenvalue weighted by atomic mass is 9.88. The highest BCUT2D eigenvalue weighted by atomic mass is 31.2. The number of carboxylic acid groups (broad SMARTS) is 1. The molecule has 4 heterocycles. The molecular weight excluding hydrogens is 1120 g/mol. The monoisotopic (exact) mass is 1200 g/mol. The lowest BCUT2D eigenvalue weighted by Crippen LogP contribution is -2.71. The summed E-state index contributed by atoms with van der Waals surface area (Å²) in [5, 5.41) is 209. The molecule has 2 amide bonds. The number of ether oxygens (including phenoxy) is 8. The third kappa shape index (κ3) is 17.8. The van der Waals surface area contributed by atoms with Crippen LogP contribution in [-0.2, 0) is 65.9 Å². The van der Waals surface area contributed by atoms with Gasteiger partial charge in [0.15, 0.2) is 18.9 Å². The van der Waals surface area contributed by atoms with Gasteiger partial charge in [0.1, 0.15) is 116 Å². The van der Waals surface area contributed by atoms with Crippen molar-refractivity contribution >= 4 is 25.6 Å². The zero-order valence-corrected chi connectivity index (χ0v) is 43.7. The number of aliphatic hydroxyl groups excluding tert-OH is 18. The molecular formula is C42H76N3O34P. The number of hydrogen-bond donors (Lipinski definition) is 23. The Labute approximate surface area is 453 Å². The van der Waals surface area contributed by atoms with Crippen LogP contribution in [0.2, 0.25) is 0 Å². The van der Waals surface area contributed by atoms with E-state index in [1.54, 1.807) is 0 Å². The van der Waals surface area contributed by atoms with Crippen LogP contribution in [0.3, 0.4) is 0 Å². The van der Waals surface area contributed by atoms with Gasteiger partial charge in [-0.05, 0) is 0 Å². The van der Waals surface area contributed by atoms with Crippen molar-refractivity contribution < 1.29 is 168 Å². The molecule has 0 aromatic heterocycles. The summed E-state index contributed by atoms with van der Waals surface area (Å²) in [5.41, 5.74) is 0. The van der Waals surface area contributed by atoms with Crippen LogP contribution in [0.4, 0.5) is 0 Å². The fourth-order valence-corrected chi connectivity index (χ4v) is 9.65. The molecule has 4 fully saturated rings. The molecule has 0 aromatic carbocycles. The molecule has 0 aromatic rings. The van der Waals surface area contributed by atoms with Crippen LogP contribution in [0.5, 0.6) is 0 Å². The van der Waals surface area contributed by atoms with Crippen molar-refractivity contribution in [2.24, 2.45) is 0 Å². The number of rotatable bonds is 31. The molecule has 37 nitrogen and oxygen atoms in total. The molecule has 27 atom stereocenters. The van der Waals surface area contributed by atoms with Gasteiger partial charge in [0.05, 0.1) is 71.1 Å². The minimum Gasteiger partial charge on any atom is -0.477 e. The van der Waals surface area contributed by atoms with Crippen molar-refractivity contribution in [1.82, 2.24) is 16.0 Å². The Balaban J connectivity index is 1.61. The predicted molar refractivity (Wildman–Crippen MR) is 250 cm³/mol. The average Bonchev–Trinajstić information content (AvgIpc) is 3.45. The minimum absolute atomic E-state index is 0.308. The van der Waals surface area contributed by atoms with E-state index in [0.717, 1.165) is 13.8 Å². The zero-order chi connectivity index (χ0) is 60.1. The molecule has 468 valence electrons. The van der Waals surface area contributed by atoms with Gasteiger partial charge in [-0.3, -0.25) is 18.6 Å². The molecule has 0 bridgehead atoms. The lowest BCUT2D eigenvalue weighted by molar-refractivity contribution is -0.387. The number of phosphoric acid groups is 1. The first kappa shape index (κ1) is 69.9. The van der Waals surface area contributed by atoms with E-state index in [1.807, 2.05) is 0 Å². The number of carbonyl (C=O) groups is 3. The summed E-state index contributed by atoms with van der Waals surface area (Å²) >= 11 is 0. The first-order valence-corrected chi connectivity index (χ1v) is 26.3. The van der Waals surface area contributed by atoms with Gasteiger partial charge in [0.2, 0.25) is 11.8 Å². The molecule has 38 heteroatoms. The van der Waals surface area contributed by atoms with E-state index in [0.29, 0.717) is 0 Å². The topological polar surface area (TPSA) is 601 Å². The average molecular weight is 1200 g/mol. The summed E-state index contributed by atoms with van der Waals surface area (Å²) in [5.74, 6) is -7.13. The molecule has 0 spiro atoms. The smallest absolute Gasteiger partial charge is 0.472 e. The Bertz CT molecular complexity index is 1960. The summed E-state index contributed by atoms with van der Waals surface area (Å²) in [6, 6.07) is -3.62. The van der Waals surface area contributed by atoms with Crippen LogP contribution in [0.1, 0.15) is 20.3 Å². The summed E-state index contributed by atoms with van der Waals surface area (Å²) in [7, 11) is -4.72. The third-order valence-corrected chi connectivity index (χ3v) is 14.1. The van der Waals surface area contributed by atoms with Crippen LogP contribution in [0.15, 0.2) is 0 Å². The molecule has 0 radical (unpaired) electrons. The Hall–Kier alpha value is -2.56. The first-order chi connectivity index (χ1) is 37.5. The van der Waals surface area contributed by atoms with Gasteiger partial charge >= 0.3 is 13.8 Å². The van der Waals surface area contributed by atoms with E-state index < -0.39 is 250 Å². The summed E-state index contributed by atoms with van der Waals surface area (Å²) in [6.07, 6.45) is -49.5. The number of hydrogen-bond acceptors (Lipinski definition) is 33. The SMILES string of the molecule is CC(=O)N[C@H]1[C@H](O[C@H]2[C@@H](O)[C@@H](CO)O[C@@H](O[C@@H]([C@H](O)[C@@H](O)CNCCOP(=O)(O)OCC(O)CO)[C@H](O)CO)[C@@H]2O)O[C@H](CO)[C@@H](O)[C@@H]1O[C@@H]1O[C@H](CO)[C@H](O)[C@H](O[C@]2(C(=O)O)C[C@H](O)[C@@H](NC(C)=O)[C@H]([C@H](O)[C@H](O)CO)O2)[C@H]1O. The highest BCUT2D eigenvalue weighted by molar-refractivity contribution is 7.47. The number of phosphoric ester groups is 1. The third-order valence-electron chi connectivity index (χ3n) is 13.1. The summed E-state index contributed by atoms with van der Waals surface area (Å²) in [4.78, 5) is 47.6. The lowest BCUT2D eigenvalue weighted by Gasteiger charge is -2.51. The molecule has 0 saturated carbocycles. The Morgan fingerprint density at radius 1 is 0.650 bits per heavy atom. The van der Waals surface area contributed by atoms with E-state index in [2.05, 4.69) is 25.0 Å². The van der Waals surface area contributed by atoms with Crippen molar-refractivity contribution in [2.45, 2.75) is 179 Å². The van der Waals surface area contributed by atoms with Gasteiger partial charge in [-0.1, -0.05) is 0 Å². The second-order valence-corrected chi connectivity index (χ2v) is 20.5. The number of aliphatic hydroxyl groups is 18. The van der Waals surface area contributed by atoms with Gasteiger partial charge in [-0.15, -0.1) is 0 Å². The number of carboxylic acids is 1. The number of carbonyl (C=O) groups excluding carboxylic acids is 2. The van der Waals surface area contributed by atoms with Crippen molar-refractivity contribution in [2.75, 3.05) is 65.9 Å². The second kappa shape index (κ2) is 31.5. The number of aliphatic carboxylic acids is 1. The molecule has 80 heavy (non-hydrogen) atoms. The Kier molecular flexibility index (Phi) is 27.6. The van der Waals surface area contributed by atoms with E-state index >= 15 is 0 Å². The van der Waals surface area contributed by atoms with Crippen LogP contribution in [0, 0.1) is 0 Å². The standard InChI is InChI=1S/C42H76N3O34P/c1-14(52)44-24-17(55)5-42(41(66)67,78-35(24)27(60)19(57)8-47)79-37-30(63)23(12-51)74-40(32(37)65)76-34-25(45-15(2)53)38(72-21(10-49)28(34)61)77-36-29(62)22(11-50)73-39(31(36)64)75-33(20(58)9-48)26(59)18(56)6-43-3-4-70-80(68,69)71-13-16(54)7-46/h16-40,43,46-51,54-65H,3-13H2,1-2H3,(H,44,52)(H,45,53)(H,66,67)(H,68,69)/t16?,17-,18-,19+,20+,21+,22+,23+,24+,25+,26+,27+,28+,29-,30-,31+,32+,33+,34+,35+,36-,37-,38-,39-,40-,42-/m0/s1. The second-order valence-electron chi connectivity index (χ2n) is 19.1. The molecule has 0 aliphatic carbocycles.